The van der Waals surface area contributed by atoms with Crippen LogP contribution in [0.5, 0.6) is 5.88 Å². The van der Waals surface area contributed by atoms with Gasteiger partial charge in [-0.3, -0.25) is 10.7 Å². The van der Waals surface area contributed by atoms with Gasteiger partial charge >= 0.3 is 0 Å². The second-order valence-electron chi connectivity index (χ2n) is 2.58. The zero-order valence-corrected chi connectivity index (χ0v) is 9.20. The molecule has 0 saturated carbocycles. The maximum Gasteiger partial charge on any atom is 0.213 e. The molecular formula is C9H13N3O2S. The van der Waals surface area contributed by atoms with E-state index in [4.69, 9.17) is 9.94 Å². The number of pyridine rings is 1. The molecule has 0 atom stereocenters. The summed E-state index contributed by atoms with van der Waals surface area (Å²) in [5, 5.41) is 8.28. The lowest BCUT2D eigenvalue weighted by molar-refractivity contribution is 0.240. The van der Waals surface area contributed by atoms with Crippen molar-refractivity contribution in [2.45, 2.75) is 0 Å². The van der Waals surface area contributed by atoms with Crippen LogP contribution in [0.15, 0.2) is 23.3 Å². The Morgan fingerprint density at radius 1 is 1.67 bits per heavy atom. The zero-order valence-electron chi connectivity index (χ0n) is 8.38. The summed E-state index contributed by atoms with van der Waals surface area (Å²) in [4.78, 5) is 7.90. The Labute approximate surface area is 92.5 Å². The lowest BCUT2D eigenvalue weighted by Crippen LogP contribution is -2.01. The maximum atomic E-state index is 8.28. The van der Waals surface area contributed by atoms with Gasteiger partial charge in [0, 0.05) is 11.8 Å². The Bertz CT molecular complexity index is 303. The molecule has 0 aromatic carbocycles. The van der Waals surface area contributed by atoms with Crippen LogP contribution in [0.25, 0.3) is 0 Å². The third kappa shape index (κ3) is 4.66. The lowest BCUT2D eigenvalue weighted by atomic mass is 10.4. The summed E-state index contributed by atoms with van der Waals surface area (Å²) in [6.07, 6.45) is 4.77. The predicted molar refractivity (Wildman–Crippen MR) is 61.2 cm³/mol. The van der Waals surface area contributed by atoms with Crippen molar-refractivity contribution in [3.63, 3.8) is 0 Å². The van der Waals surface area contributed by atoms with Crippen LogP contribution in [-0.4, -0.2) is 35.1 Å². The number of hydrogen-bond donors (Lipinski definition) is 2. The van der Waals surface area contributed by atoms with Crippen molar-refractivity contribution in [1.29, 1.82) is 0 Å². The number of nitrogens with zero attached hydrogens (tertiary/aromatic N) is 2. The van der Waals surface area contributed by atoms with Gasteiger partial charge in [0.05, 0.1) is 18.5 Å². The van der Waals surface area contributed by atoms with Crippen LogP contribution in [0.2, 0.25) is 0 Å². The molecule has 0 amide bonds. The number of thioether (sulfide) groups is 1. The minimum Gasteiger partial charge on any atom is -0.477 e. The van der Waals surface area contributed by atoms with E-state index in [1.807, 2.05) is 11.7 Å². The Morgan fingerprint density at radius 3 is 3.13 bits per heavy atom. The Kier molecular flexibility index (Phi) is 5.57. The van der Waals surface area contributed by atoms with Crippen molar-refractivity contribution < 1.29 is 9.94 Å². The van der Waals surface area contributed by atoms with Gasteiger partial charge in [-0.05, 0) is 12.3 Å². The zero-order chi connectivity index (χ0) is 10.9. The van der Waals surface area contributed by atoms with E-state index in [2.05, 4.69) is 9.98 Å². The van der Waals surface area contributed by atoms with E-state index in [0.29, 0.717) is 18.2 Å². The average molecular weight is 227 g/mol. The maximum absolute atomic E-state index is 8.28. The monoisotopic (exact) mass is 227 g/mol. The smallest absolute Gasteiger partial charge is 0.213 e. The molecule has 82 valence electrons. The molecule has 1 heterocycles. The van der Waals surface area contributed by atoms with Gasteiger partial charge in [-0.25, -0.2) is 9.98 Å². The third-order valence-corrected chi connectivity index (χ3v) is 2.10. The van der Waals surface area contributed by atoms with Gasteiger partial charge in [-0.2, -0.15) is 11.8 Å². The normalized spacial score (nSPS) is 10.5. The molecule has 0 spiro atoms. The highest BCUT2D eigenvalue weighted by Gasteiger charge is 1.94. The molecule has 0 aliphatic carbocycles. The summed E-state index contributed by atoms with van der Waals surface area (Å²) in [7, 11) is 0. The van der Waals surface area contributed by atoms with Gasteiger partial charge in [-0.15, -0.1) is 0 Å². The number of rotatable bonds is 6. The summed E-state index contributed by atoms with van der Waals surface area (Å²) in [5.41, 5.74) is 2.47. The number of nitrogens with one attached hydrogen (secondary N) is 1. The Morgan fingerprint density at radius 2 is 2.53 bits per heavy atom. The van der Waals surface area contributed by atoms with Crippen LogP contribution in [-0.2, 0) is 0 Å². The minimum atomic E-state index is 0.583. The highest BCUT2D eigenvalue weighted by Crippen LogP contribution is 2.13. The molecular weight excluding hydrogens is 214 g/mol. The van der Waals surface area contributed by atoms with Crippen LogP contribution in [0, 0.1) is 0 Å². The fraction of sp³-hybridized carbons (Fsp3) is 0.333. The molecule has 0 saturated heterocycles. The van der Waals surface area contributed by atoms with E-state index >= 15 is 0 Å². The topological polar surface area (TPSA) is 66.7 Å². The van der Waals surface area contributed by atoms with Crippen molar-refractivity contribution in [2.24, 2.45) is 4.99 Å². The van der Waals surface area contributed by atoms with Crippen LogP contribution < -0.4 is 10.2 Å². The largest absolute Gasteiger partial charge is 0.477 e. The van der Waals surface area contributed by atoms with Crippen molar-refractivity contribution in [3.05, 3.63) is 18.3 Å². The minimum absolute atomic E-state index is 0.583. The molecule has 15 heavy (non-hydrogen) atoms. The fourth-order valence-corrected chi connectivity index (χ4v) is 1.12. The van der Waals surface area contributed by atoms with Gasteiger partial charge < -0.3 is 4.74 Å². The molecule has 0 radical (unpaired) electrons. The van der Waals surface area contributed by atoms with Crippen molar-refractivity contribution in [2.75, 3.05) is 18.6 Å². The lowest BCUT2D eigenvalue weighted by Gasteiger charge is -2.03. The number of aromatic nitrogens is 1. The molecule has 0 aliphatic heterocycles. The molecule has 0 unspecified atom stereocenters. The van der Waals surface area contributed by atoms with Gasteiger partial charge in [0.1, 0.15) is 6.34 Å². The van der Waals surface area contributed by atoms with Crippen molar-refractivity contribution in [3.8, 4) is 5.88 Å². The quantitative estimate of drug-likeness (QED) is 0.333. The van der Waals surface area contributed by atoms with E-state index < -0.39 is 0 Å². The third-order valence-electron chi connectivity index (χ3n) is 1.53. The van der Waals surface area contributed by atoms with Gasteiger partial charge in [0.25, 0.3) is 0 Å². The predicted octanol–water partition coefficient (Wildman–Crippen LogP) is 1.46. The van der Waals surface area contributed by atoms with Crippen LogP contribution in [0.1, 0.15) is 0 Å². The number of hydrogen-bond acceptors (Lipinski definition) is 5. The highest BCUT2D eigenvalue weighted by atomic mass is 32.2. The second kappa shape index (κ2) is 7.08. The Balaban J connectivity index is 2.45. The first-order valence-corrected chi connectivity index (χ1v) is 5.76. The van der Waals surface area contributed by atoms with Crippen LogP contribution in [0.3, 0.4) is 0 Å². The molecule has 0 aliphatic rings. The summed E-state index contributed by atoms with van der Waals surface area (Å²) in [6.45, 7) is 0.648. The van der Waals surface area contributed by atoms with Crippen LogP contribution in [0.4, 0.5) is 5.69 Å². The van der Waals surface area contributed by atoms with Gasteiger partial charge in [-0.1, -0.05) is 0 Å². The van der Waals surface area contributed by atoms with E-state index in [1.165, 1.54) is 6.34 Å². The van der Waals surface area contributed by atoms with Crippen molar-refractivity contribution in [1.82, 2.24) is 10.5 Å². The fourth-order valence-electron chi connectivity index (χ4n) is 0.867. The first-order chi connectivity index (χ1) is 7.36. The standard InChI is InChI=1S/C9H13N3O2S/c1-15-5-4-14-9-3-2-8(6-10-9)11-7-12-13/h2-3,6-7,13H,4-5H2,1H3,(H,11,12). The summed E-state index contributed by atoms with van der Waals surface area (Å²) in [5.74, 6) is 1.52. The summed E-state index contributed by atoms with van der Waals surface area (Å²) >= 11 is 1.72. The summed E-state index contributed by atoms with van der Waals surface area (Å²) < 4.78 is 5.36. The van der Waals surface area contributed by atoms with Gasteiger partial charge in [0.15, 0.2) is 0 Å². The van der Waals surface area contributed by atoms with E-state index in [-0.39, 0.29) is 0 Å². The van der Waals surface area contributed by atoms with Gasteiger partial charge in [0.2, 0.25) is 5.88 Å². The number of aliphatic imine (C=N–C) groups is 1. The molecule has 5 nitrogen and oxygen atoms in total. The van der Waals surface area contributed by atoms with E-state index in [1.54, 1.807) is 30.1 Å². The SMILES string of the molecule is CSCCOc1ccc(N=CNO)cn1. The highest BCUT2D eigenvalue weighted by molar-refractivity contribution is 7.98. The molecule has 0 fully saturated rings. The van der Waals surface area contributed by atoms with E-state index in [9.17, 15) is 0 Å². The molecule has 1 rings (SSSR count). The molecule has 6 heteroatoms. The summed E-state index contributed by atoms with van der Waals surface area (Å²) in [6, 6.07) is 3.50. The number of hydroxylamine groups is 1. The molecule has 1 aromatic heterocycles. The Hall–Kier alpha value is -1.27. The second-order valence-corrected chi connectivity index (χ2v) is 3.57. The van der Waals surface area contributed by atoms with Crippen molar-refractivity contribution >= 4 is 23.8 Å². The average Bonchev–Trinajstić information content (AvgIpc) is 2.28. The first-order valence-electron chi connectivity index (χ1n) is 4.36. The molecule has 0 bridgehead atoms. The first kappa shape index (κ1) is 11.8. The molecule has 2 N–H and O–H groups in total. The van der Waals surface area contributed by atoms with E-state index in [0.717, 1.165) is 5.75 Å². The van der Waals surface area contributed by atoms with Crippen LogP contribution >= 0.6 is 11.8 Å². The molecule has 1 aromatic rings. The number of ether oxygens (including phenoxy) is 1.